The van der Waals surface area contributed by atoms with Gasteiger partial charge in [-0.1, -0.05) is 13.8 Å². The Bertz CT molecular complexity index is 1300. The summed E-state index contributed by atoms with van der Waals surface area (Å²) in [6.45, 7) is 9.73. The summed E-state index contributed by atoms with van der Waals surface area (Å²) in [4.78, 5) is 46.5. The van der Waals surface area contributed by atoms with Gasteiger partial charge in [-0.05, 0) is 51.2 Å². The molecule has 0 aliphatic carbocycles. The Morgan fingerprint density at radius 2 is 2.03 bits per heavy atom. The molecular formula is C29H39N3O7. The number of amides is 2. The lowest BCUT2D eigenvalue weighted by atomic mass is 9.79. The van der Waals surface area contributed by atoms with Gasteiger partial charge in [0.05, 0.1) is 13.2 Å². The molecule has 5 rings (SSSR count). The highest BCUT2D eigenvalue weighted by Crippen LogP contribution is 2.54. The van der Waals surface area contributed by atoms with E-state index < -0.39 is 41.4 Å². The van der Waals surface area contributed by atoms with Crippen molar-refractivity contribution >= 4 is 28.7 Å². The molecule has 4 heterocycles. The van der Waals surface area contributed by atoms with E-state index in [2.05, 4.69) is 18.8 Å². The standard InChI is InChI=1S/C29H39N3O7/c1-16(2)11-13-38-25-23-19-10-9-18(37-6)14-20(19)30-24(23)22(15-28(4,5)39-17(3)33)32-26(34)21-8-7-12-31(21)27(35)29(25,32)36/h9-10,14,16,21-22,25,30,36H,7-8,11-13,15H2,1-6H3/t21-,22-,25-,29-/m0/s1. The number of hydrogen-bond acceptors (Lipinski definition) is 7. The maximum atomic E-state index is 14.2. The molecule has 3 aliphatic heterocycles. The number of nitrogens with zero attached hydrogens (tertiary/aromatic N) is 2. The lowest BCUT2D eigenvalue weighted by Gasteiger charge is -2.56. The first kappa shape index (κ1) is 27.5. The second-order valence-corrected chi connectivity index (χ2v) is 12.0. The van der Waals surface area contributed by atoms with Gasteiger partial charge in [-0.3, -0.25) is 19.3 Å². The molecule has 2 N–H and O–H groups in total. The van der Waals surface area contributed by atoms with E-state index in [1.807, 2.05) is 18.2 Å². The molecule has 10 heteroatoms. The SMILES string of the molecule is COc1ccc2c3c([nH]c2c1)[C@H](CC(C)(C)OC(C)=O)N1C(=O)[C@@H]2CCCN2C(=O)[C@@]1(O)[C@H]3OCCC(C)C. The number of aromatic amines is 1. The van der Waals surface area contributed by atoms with Gasteiger partial charge in [-0.2, -0.15) is 0 Å². The lowest BCUT2D eigenvalue weighted by Crippen LogP contribution is -2.74. The molecular weight excluding hydrogens is 502 g/mol. The molecule has 3 aliphatic rings. The van der Waals surface area contributed by atoms with Crippen LogP contribution in [0.2, 0.25) is 0 Å². The highest BCUT2D eigenvalue weighted by molar-refractivity contribution is 6.01. The lowest BCUT2D eigenvalue weighted by molar-refractivity contribution is -0.243. The van der Waals surface area contributed by atoms with Crippen molar-refractivity contribution in [1.82, 2.24) is 14.8 Å². The topological polar surface area (TPSA) is 121 Å². The quantitative estimate of drug-likeness (QED) is 0.490. The first-order valence-electron chi connectivity index (χ1n) is 13.8. The fourth-order valence-corrected chi connectivity index (χ4v) is 6.47. The van der Waals surface area contributed by atoms with Crippen molar-refractivity contribution < 1.29 is 33.7 Å². The highest BCUT2D eigenvalue weighted by Gasteiger charge is 2.66. The van der Waals surface area contributed by atoms with Crippen molar-refractivity contribution in [2.75, 3.05) is 20.3 Å². The minimum absolute atomic E-state index is 0.163. The predicted octanol–water partition coefficient (Wildman–Crippen LogP) is 3.59. The van der Waals surface area contributed by atoms with E-state index in [9.17, 15) is 19.5 Å². The van der Waals surface area contributed by atoms with Gasteiger partial charge in [0.15, 0.2) is 0 Å². The van der Waals surface area contributed by atoms with Crippen LogP contribution in [0, 0.1) is 5.92 Å². The zero-order valence-electron chi connectivity index (χ0n) is 23.6. The van der Waals surface area contributed by atoms with Crippen LogP contribution >= 0.6 is 0 Å². The summed E-state index contributed by atoms with van der Waals surface area (Å²) in [5, 5.41) is 13.3. The Balaban J connectivity index is 1.74. The minimum atomic E-state index is -2.26. The average molecular weight is 542 g/mol. The van der Waals surface area contributed by atoms with E-state index in [-0.39, 0.29) is 12.3 Å². The molecule has 2 amide bonds. The Labute approximate surface area is 228 Å². The van der Waals surface area contributed by atoms with Crippen LogP contribution in [0.4, 0.5) is 0 Å². The summed E-state index contributed by atoms with van der Waals surface area (Å²) in [6, 6.07) is 4.13. The van der Waals surface area contributed by atoms with Crippen LogP contribution in [0.5, 0.6) is 5.75 Å². The largest absolute Gasteiger partial charge is 0.497 e. The summed E-state index contributed by atoms with van der Waals surface area (Å²) in [5.41, 5.74) is -1.22. The molecule has 4 atom stereocenters. The molecule has 39 heavy (non-hydrogen) atoms. The smallest absolute Gasteiger partial charge is 0.303 e. The number of H-pyrrole nitrogens is 1. The molecule has 2 aromatic rings. The molecule has 0 saturated carbocycles. The molecule has 2 fully saturated rings. The van der Waals surface area contributed by atoms with E-state index in [1.54, 1.807) is 21.0 Å². The number of ether oxygens (including phenoxy) is 3. The van der Waals surface area contributed by atoms with Crippen LogP contribution in [-0.4, -0.2) is 75.3 Å². The Morgan fingerprint density at radius 3 is 2.69 bits per heavy atom. The van der Waals surface area contributed by atoms with Gasteiger partial charge in [0.1, 0.15) is 23.5 Å². The summed E-state index contributed by atoms with van der Waals surface area (Å²) >= 11 is 0. The third-order valence-electron chi connectivity index (χ3n) is 8.15. The van der Waals surface area contributed by atoms with Crippen LogP contribution in [0.3, 0.4) is 0 Å². The Kier molecular flexibility index (Phi) is 6.91. The molecule has 1 aromatic carbocycles. The number of carbonyl (C=O) groups excluding carboxylic acids is 3. The Hall–Kier alpha value is -3.11. The van der Waals surface area contributed by atoms with Crippen molar-refractivity contribution in [2.45, 2.75) is 89.8 Å². The van der Waals surface area contributed by atoms with Crippen molar-refractivity contribution in [3.05, 3.63) is 29.5 Å². The number of esters is 1. The van der Waals surface area contributed by atoms with Gasteiger partial charge in [-0.15, -0.1) is 0 Å². The van der Waals surface area contributed by atoms with Crippen LogP contribution in [0.1, 0.15) is 83.7 Å². The summed E-state index contributed by atoms with van der Waals surface area (Å²) in [7, 11) is 1.58. The predicted molar refractivity (Wildman–Crippen MR) is 143 cm³/mol. The van der Waals surface area contributed by atoms with E-state index in [4.69, 9.17) is 14.2 Å². The molecule has 0 bridgehead atoms. The molecule has 0 spiro atoms. The zero-order chi connectivity index (χ0) is 28.3. The number of methoxy groups -OCH3 is 1. The molecule has 212 valence electrons. The average Bonchev–Trinajstić information content (AvgIpc) is 3.48. The third kappa shape index (κ3) is 4.47. The minimum Gasteiger partial charge on any atom is -0.497 e. The zero-order valence-corrected chi connectivity index (χ0v) is 23.6. The van der Waals surface area contributed by atoms with E-state index in [0.29, 0.717) is 48.9 Å². The second-order valence-electron chi connectivity index (χ2n) is 12.0. The number of aromatic nitrogens is 1. The maximum absolute atomic E-state index is 14.2. The van der Waals surface area contributed by atoms with E-state index in [1.165, 1.54) is 16.7 Å². The summed E-state index contributed by atoms with van der Waals surface area (Å²) in [5.74, 6) is -0.319. The Morgan fingerprint density at radius 1 is 1.28 bits per heavy atom. The van der Waals surface area contributed by atoms with Gasteiger partial charge in [0.25, 0.3) is 11.6 Å². The van der Waals surface area contributed by atoms with Crippen LogP contribution in [0.25, 0.3) is 10.9 Å². The number of fused-ring (bicyclic) bond motifs is 5. The molecule has 0 radical (unpaired) electrons. The molecule has 0 unspecified atom stereocenters. The van der Waals surface area contributed by atoms with Gasteiger partial charge < -0.3 is 29.2 Å². The van der Waals surface area contributed by atoms with Crippen molar-refractivity contribution in [3.63, 3.8) is 0 Å². The van der Waals surface area contributed by atoms with Gasteiger partial charge in [0.2, 0.25) is 5.91 Å². The summed E-state index contributed by atoms with van der Waals surface area (Å²) in [6.07, 6.45) is 0.987. The number of nitrogens with one attached hydrogen (secondary N) is 1. The van der Waals surface area contributed by atoms with Crippen molar-refractivity contribution in [1.29, 1.82) is 0 Å². The van der Waals surface area contributed by atoms with Gasteiger partial charge in [-0.25, -0.2) is 0 Å². The fraction of sp³-hybridized carbons (Fsp3) is 0.621. The third-order valence-corrected chi connectivity index (χ3v) is 8.15. The van der Waals surface area contributed by atoms with Crippen molar-refractivity contribution in [3.8, 4) is 5.75 Å². The number of rotatable bonds is 8. The number of piperazine rings is 1. The van der Waals surface area contributed by atoms with Crippen LogP contribution < -0.4 is 4.74 Å². The van der Waals surface area contributed by atoms with E-state index in [0.717, 1.165) is 17.3 Å². The normalized spacial score (nSPS) is 26.6. The molecule has 2 saturated heterocycles. The van der Waals surface area contributed by atoms with Crippen molar-refractivity contribution in [2.24, 2.45) is 5.92 Å². The fourth-order valence-electron chi connectivity index (χ4n) is 6.47. The second kappa shape index (κ2) is 9.82. The number of benzene rings is 1. The van der Waals surface area contributed by atoms with Gasteiger partial charge >= 0.3 is 5.97 Å². The van der Waals surface area contributed by atoms with Gasteiger partial charge in [0, 0.05) is 54.7 Å². The number of carbonyl (C=O) groups is 3. The van der Waals surface area contributed by atoms with Crippen LogP contribution in [0.15, 0.2) is 18.2 Å². The molecule has 1 aromatic heterocycles. The number of hydrogen-bond donors (Lipinski definition) is 2. The van der Waals surface area contributed by atoms with E-state index >= 15 is 0 Å². The maximum Gasteiger partial charge on any atom is 0.303 e. The van der Waals surface area contributed by atoms with Crippen LogP contribution in [-0.2, 0) is 23.9 Å². The molecule has 10 nitrogen and oxygen atoms in total. The summed E-state index contributed by atoms with van der Waals surface area (Å²) < 4.78 is 17.5. The monoisotopic (exact) mass is 541 g/mol. The highest BCUT2D eigenvalue weighted by atomic mass is 16.6. The first-order valence-corrected chi connectivity index (χ1v) is 13.8. The number of aliphatic hydroxyl groups is 1. The first-order chi connectivity index (χ1) is 18.4.